The van der Waals surface area contributed by atoms with Crippen LogP contribution in [0.4, 0.5) is 10.1 Å². The standard InChI is InChI=1S/C29H34FN3O5S/c1-5-18-31-29(35)22(3)32(19-23-8-6-21(2)7-9-23)28(34)20-33(25-12-10-24(30)11-13-25)39(36,37)27-16-14-26(38-4)15-17-27/h6-17,22H,5,18-20H2,1-4H3,(H,31,35). The van der Waals surface area contributed by atoms with Crippen LogP contribution >= 0.6 is 0 Å². The average Bonchev–Trinajstić information content (AvgIpc) is 2.94. The summed E-state index contributed by atoms with van der Waals surface area (Å²) in [6.45, 7) is 5.42. The fourth-order valence-electron chi connectivity index (χ4n) is 3.88. The number of hydrogen-bond donors (Lipinski definition) is 1. The van der Waals surface area contributed by atoms with Crippen LogP contribution in [0.1, 0.15) is 31.4 Å². The molecule has 0 aliphatic carbocycles. The van der Waals surface area contributed by atoms with E-state index in [1.165, 1.54) is 48.4 Å². The Morgan fingerprint density at radius 3 is 2.15 bits per heavy atom. The highest BCUT2D eigenvalue weighted by atomic mass is 32.2. The predicted molar refractivity (Wildman–Crippen MR) is 148 cm³/mol. The lowest BCUT2D eigenvalue weighted by atomic mass is 10.1. The molecule has 0 saturated heterocycles. The van der Waals surface area contributed by atoms with Crippen molar-refractivity contribution in [1.29, 1.82) is 0 Å². The monoisotopic (exact) mass is 555 g/mol. The summed E-state index contributed by atoms with van der Waals surface area (Å²) in [6, 6.07) is 17.2. The van der Waals surface area contributed by atoms with Crippen molar-refractivity contribution in [2.45, 2.75) is 44.7 Å². The van der Waals surface area contributed by atoms with Crippen molar-refractivity contribution in [2.24, 2.45) is 0 Å². The van der Waals surface area contributed by atoms with Crippen molar-refractivity contribution >= 4 is 27.5 Å². The molecule has 0 fully saturated rings. The molecule has 0 aromatic heterocycles. The van der Waals surface area contributed by atoms with Gasteiger partial charge in [-0.1, -0.05) is 36.8 Å². The predicted octanol–water partition coefficient (Wildman–Crippen LogP) is 4.28. The van der Waals surface area contributed by atoms with Crippen molar-refractivity contribution in [3.63, 3.8) is 0 Å². The maximum absolute atomic E-state index is 13.8. The number of carbonyl (C=O) groups is 2. The molecule has 0 heterocycles. The van der Waals surface area contributed by atoms with Crippen molar-refractivity contribution in [3.05, 3.63) is 89.7 Å². The molecule has 10 heteroatoms. The van der Waals surface area contributed by atoms with Crippen LogP contribution in [0.2, 0.25) is 0 Å². The number of halogens is 1. The quantitative estimate of drug-likeness (QED) is 0.360. The van der Waals surface area contributed by atoms with Crippen LogP contribution in [-0.2, 0) is 26.2 Å². The second-order valence-corrected chi connectivity index (χ2v) is 11.0. The Hall–Kier alpha value is -3.92. The van der Waals surface area contributed by atoms with Gasteiger partial charge in [0.15, 0.2) is 0 Å². The van der Waals surface area contributed by atoms with Crippen LogP contribution in [0, 0.1) is 12.7 Å². The Balaban J connectivity index is 2.00. The number of nitrogens with one attached hydrogen (secondary N) is 1. The molecule has 2 amide bonds. The summed E-state index contributed by atoms with van der Waals surface area (Å²) in [6.07, 6.45) is 0.725. The van der Waals surface area contributed by atoms with Crippen molar-refractivity contribution < 1.29 is 27.1 Å². The van der Waals surface area contributed by atoms with Gasteiger partial charge < -0.3 is 15.0 Å². The normalized spacial score (nSPS) is 11.9. The number of hydrogen-bond acceptors (Lipinski definition) is 5. The molecule has 0 aliphatic heterocycles. The summed E-state index contributed by atoms with van der Waals surface area (Å²) >= 11 is 0. The zero-order valence-corrected chi connectivity index (χ0v) is 23.4. The lowest BCUT2D eigenvalue weighted by molar-refractivity contribution is -0.139. The third-order valence-electron chi connectivity index (χ3n) is 6.23. The van der Waals surface area contributed by atoms with Crippen LogP contribution in [0.25, 0.3) is 0 Å². The smallest absolute Gasteiger partial charge is 0.264 e. The average molecular weight is 556 g/mol. The summed E-state index contributed by atoms with van der Waals surface area (Å²) in [5.41, 5.74) is 1.94. The van der Waals surface area contributed by atoms with Crippen molar-refractivity contribution in [1.82, 2.24) is 10.2 Å². The lowest BCUT2D eigenvalue weighted by Gasteiger charge is -2.32. The molecule has 0 radical (unpaired) electrons. The highest BCUT2D eigenvalue weighted by molar-refractivity contribution is 7.92. The van der Waals surface area contributed by atoms with E-state index >= 15 is 0 Å². The minimum Gasteiger partial charge on any atom is -0.497 e. The summed E-state index contributed by atoms with van der Waals surface area (Å²) < 4.78 is 47.3. The number of benzene rings is 3. The van der Waals surface area contributed by atoms with E-state index < -0.39 is 34.3 Å². The van der Waals surface area contributed by atoms with Gasteiger partial charge in [0.2, 0.25) is 11.8 Å². The number of anilines is 1. The zero-order chi connectivity index (χ0) is 28.6. The van der Waals surface area contributed by atoms with Gasteiger partial charge >= 0.3 is 0 Å². The first-order valence-corrected chi connectivity index (χ1v) is 14.1. The van der Waals surface area contributed by atoms with E-state index in [1.54, 1.807) is 6.92 Å². The molecule has 39 heavy (non-hydrogen) atoms. The molecule has 1 unspecified atom stereocenters. The number of ether oxygens (including phenoxy) is 1. The van der Waals surface area contributed by atoms with E-state index in [2.05, 4.69) is 5.32 Å². The first-order chi connectivity index (χ1) is 18.6. The fraction of sp³-hybridized carbons (Fsp3) is 0.310. The highest BCUT2D eigenvalue weighted by Gasteiger charge is 2.32. The fourth-order valence-corrected chi connectivity index (χ4v) is 5.29. The van der Waals surface area contributed by atoms with E-state index in [9.17, 15) is 22.4 Å². The third-order valence-corrected chi connectivity index (χ3v) is 8.02. The Bertz CT molecular complexity index is 1360. The second kappa shape index (κ2) is 13.2. The zero-order valence-electron chi connectivity index (χ0n) is 22.6. The van der Waals surface area contributed by atoms with Gasteiger partial charge in [-0.25, -0.2) is 12.8 Å². The number of nitrogens with zero attached hydrogens (tertiary/aromatic N) is 2. The number of rotatable bonds is 12. The van der Waals surface area contributed by atoms with E-state index in [0.717, 1.165) is 34.0 Å². The van der Waals surface area contributed by atoms with E-state index in [4.69, 9.17) is 4.74 Å². The highest BCUT2D eigenvalue weighted by Crippen LogP contribution is 2.26. The molecule has 3 rings (SSSR count). The molecule has 1 atom stereocenters. The minimum absolute atomic E-state index is 0.0701. The number of sulfonamides is 1. The van der Waals surface area contributed by atoms with Crippen LogP contribution < -0.4 is 14.4 Å². The molecule has 8 nitrogen and oxygen atoms in total. The third kappa shape index (κ3) is 7.57. The number of aryl methyl sites for hydroxylation is 1. The largest absolute Gasteiger partial charge is 0.497 e. The topological polar surface area (TPSA) is 96.0 Å². The maximum Gasteiger partial charge on any atom is 0.264 e. The van der Waals surface area contributed by atoms with Crippen molar-refractivity contribution in [3.8, 4) is 5.75 Å². The summed E-state index contributed by atoms with van der Waals surface area (Å²) in [5.74, 6) is -1.01. The Kier molecular flexibility index (Phi) is 10.1. The van der Waals surface area contributed by atoms with Gasteiger partial charge in [-0.15, -0.1) is 0 Å². The number of amides is 2. The van der Waals surface area contributed by atoms with Gasteiger partial charge in [0.25, 0.3) is 10.0 Å². The van der Waals surface area contributed by atoms with E-state index in [-0.39, 0.29) is 23.0 Å². The Morgan fingerprint density at radius 1 is 0.974 bits per heavy atom. The van der Waals surface area contributed by atoms with Crippen LogP contribution in [0.5, 0.6) is 5.75 Å². The van der Waals surface area contributed by atoms with Crippen LogP contribution in [0.3, 0.4) is 0 Å². The molecular weight excluding hydrogens is 521 g/mol. The Morgan fingerprint density at radius 2 is 1.59 bits per heavy atom. The molecule has 1 N–H and O–H groups in total. The minimum atomic E-state index is -4.25. The Labute approximate surface area is 229 Å². The molecule has 0 spiro atoms. The summed E-state index contributed by atoms with van der Waals surface area (Å²) in [4.78, 5) is 28.0. The van der Waals surface area contributed by atoms with Gasteiger partial charge in [0.1, 0.15) is 24.2 Å². The SMILES string of the molecule is CCCNC(=O)C(C)N(Cc1ccc(C)cc1)C(=O)CN(c1ccc(F)cc1)S(=O)(=O)c1ccc(OC)cc1. The second-order valence-electron chi connectivity index (χ2n) is 9.14. The molecule has 3 aromatic carbocycles. The molecule has 0 bridgehead atoms. The van der Waals surface area contributed by atoms with Gasteiger partial charge in [-0.2, -0.15) is 0 Å². The number of methoxy groups -OCH3 is 1. The summed E-state index contributed by atoms with van der Waals surface area (Å²) in [5, 5.41) is 2.80. The summed E-state index contributed by atoms with van der Waals surface area (Å²) in [7, 11) is -2.79. The molecule has 3 aromatic rings. The van der Waals surface area contributed by atoms with Gasteiger partial charge in [-0.3, -0.25) is 13.9 Å². The first-order valence-electron chi connectivity index (χ1n) is 12.6. The maximum atomic E-state index is 13.8. The molecule has 0 aliphatic rings. The van der Waals surface area contributed by atoms with Crippen molar-refractivity contribution in [2.75, 3.05) is 24.5 Å². The van der Waals surface area contributed by atoms with Crippen LogP contribution in [-0.4, -0.2) is 51.4 Å². The van der Waals surface area contributed by atoms with Gasteiger partial charge in [0, 0.05) is 13.1 Å². The molecular formula is C29H34FN3O5S. The molecule has 0 saturated carbocycles. The van der Waals surface area contributed by atoms with Gasteiger partial charge in [0.05, 0.1) is 17.7 Å². The van der Waals surface area contributed by atoms with E-state index in [0.29, 0.717) is 12.3 Å². The first kappa shape index (κ1) is 29.6. The molecule has 208 valence electrons. The van der Waals surface area contributed by atoms with Crippen LogP contribution in [0.15, 0.2) is 77.7 Å². The van der Waals surface area contributed by atoms with E-state index in [1.807, 2.05) is 38.1 Å². The lowest BCUT2D eigenvalue weighted by Crippen LogP contribution is -2.51. The van der Waals surface area contributed by atoms with Gasteiger partial charge in [-0.05, 0) is 74.4 Å². The number of carbonyl (C=O) groups excluding carboxylic acids is 2.